The van der Waals surface area contributed by atoms with Crippen molar-refractivity contribution in [2.24, 2.45) is 0 Å². The highest BCUT2D eigenvalue weighted by Gasteiger charge is 2.00. The molecule has 0 aliphatic carbocycles. The molecule has 1 rings (SSSR count). The summed E-state index contributed by atoms with van der Waals surface area (Å²) in [6.07, 6.45) is 7.34. The van der Waals surface area contributed by atoms with Crippen LogP contribution in [0, 0.1) is 0 Å². The van der Waals surface area contributed by atoms with Crippen molar-refractivity contribution < 1.29 is 0 Å². The minimum Gasteiger partial charge on any atom is -0.314 e. The highest BCUT2D eigenvalue weighted by atomic mass is 14.9. The molecule has 0 atom stereocenters. The lowest BCUT2D eigenvalue weighted by Gasteiger charge is -2.14. The number of hydrogen-bond acceptors (Lipinski definition) is 3. The van der Waals surface area contributed by atoms with Gasteiger partial charge in [0.25, 0.3) is 0 Å². The summed E-state index contributed by atoms with van der Waals surface area (Å²) >= 11 is 0. The zero-order valence-corrected chi connectivity index (χ0v) is 11.1. The zero-order chi connectivity index (χ0) is 12.3. The van der Waals surface area contributed by atoms with E-state index >= 15 is 0 Å². The predicted molar refractivity (Wildman–Crippen MR) is 72.9 cm³/mol. The molecule has 1 aromatic heterocycles. The van der Waals surface area contributed by atoms with Crippen LogP contribution in [0.3, 0.4) is 0 Å². The topological polar surface area (TPSA) is 37.0 Å². The van der Waals surface area contributed by atoms with Crippen LogP contribution in [-0.4, -0.2) is 24.1 Å². The molecule has 0 aliphatic heterocycles. The molecule has 0 saturated carbocycles. The Morgan fingerprint density at radius 2 is 2.06 bits per heavy atom. The molecule has 0 spiro atoms. The largest absolute Gasteiger partial charge is 0.314 e. The molecule has 0 saturated heterocycles. The van der Waals surface area contributed by atoms with Gasteiger partial charge in [0.05, 0.1) is 0 Å². The molecule has 3 heteroatoms. The summed E-state index contributed by atoms with van der Waals surface area (Å²) < 4.78 is 0. The Morgan fingerprint density at radius 3 is 2.71 bits per heavy atom. The Hall–Kier alpha value is -0.930. The van der Waals surface area contributed by atoms with Crippen LogP contribution in [0.15, 0.2) is 24.5 Å². The molecular weight excluding hydrogens is 210 g/mol. The van der Waals surface area contributed by atoms with E-state index in [0.29, 0.717) is 6.04 Å². The molecule has 17 heavy (non-hydrogen) atoms. The van der Waals surface area contributed by atoms with Crippen LogP contribution >= 0.6 is 0 Å². The van der Waals surface area contributed by atoms with Crippen LogP contribution in [-0.2, 0) is 6.54 Å². The number of nitrogens with one attached hydrogen (secondary N) is 2. The van der Waals surface area contributed by atoms with Crippen molar-refractivity contribution in [3.05, 3.63) is 30.1 Å². The summed E-state index contributed by atoms with van der Waals surface area (Å²) in [6, 6.07) is 4.77. The van der Waals surface area contributed by atoms with Gasteiger partial charge in [-0.2, -0.15) is 0 Å². The molecule has 1 heterocycles. The van der Waals surface area contributed by atoms with Gasteiger partial charge in [-0.05, 0) is 44.0 Å². The molecule has 0 fully saturated rings. The van der Waals surface area contributed by atoms with E-state index in [1.54, 1.807) is 0 Å². The van der Waals surface area contributed by atoms with Gasteiger partial charge in [0.1, 0.15) is 0 Å². The van der Waals surface area contributed by atoms with E-state index in [2.05, 4.69) is 35.5 Å². The standard InChI is InChI=1S/C14H25N3/c1-3-14(4-2)17-10-6-9-16-12-13-7-5-8-15-11-13/h5,7-8,11,14,16-17H,3-4,6,9-10,12H2,1-2H3. The molecule has 0 unspecified atom stereocenters. The maximum absolute atomic E-state index is 4.09. The lowest BCUT2D eigenvalue weighted by Crippen LogP contribution is -2.30. The first kappa shape index (κ1) is 14.1. The molecule has 0 aliphatic rings. The number of hydrogen-bond donors (Lipinski definition) is 2. The Balaban J connectivity index is 1.98. The third-order valence-corrected chi connectivity index (χ3v) is 3.00. The van der Waals surface area contributed by atoms with E-state index in [0.717, 1.165) is 19.6 Å². The van der Waals surface area contributed by atoms with Gasteiger partial charge in [-0.25, -0.2) is 0 Å². The van der Waals surface area contributed by atoms with Crippen molar-refractivity contribution in [2.45, 2.75) is 45.7 Å². The van der Waals surface area contributed by atoms with E-state index < -0.39 is 0 Å². The number of rotatable bonds is 9. The number of pyridine rings is 1. The Labute approximate surface area is 105 Å². The van der Waals surface area contributed by atoms with Crippen LogP contribution in [0.5, 0.6) is 0 Å². The van der Waals surface area contributed by atoms with Gasteiger partial charge >= 0.3 is 0 Å². The summed E-state index contributed by atoms with van der Waals surface area (Å²) in [5.41, 5.74) is 1.25. The summed E-state index contributed by atoms with van der Waals surface area (Å²) in [5.74, 6) is 0. The second-order valence-electron chi connectivity index (χ2n) is 4.36. The number of aromatic nitrogens is 1. The minimum absolute atomic E-state index is 0.688. The van der Waals surface area contributed by atoms with Gasteiger partial charge < -0.3 is 10.6 Å². The first-order valence-corrected chi connectivity index (χ1v) is 6.69. The van der Waals surface area contributed by atoms with Gasteiger partial charge in [0.15, 0.2) is 0 Å². The lowest BCUT2D eigenvalue weighted by molar-refractivity contribution is 0.472. The zero-order valence-electron chi connectivity index (χ0n) is 11.1. The van der Waals surface area contributed by atoms with Crippen LogP contribution in [0.25, 0.3) is 0 Å². The van der Waals surface area contributed by atoms with Crippen molar-refractivity contribution in [3.8, 4) is 0 Å². The quantitative estimate of drug-likeness (QED) is 0.645. The molecule has 1 aromatic rings. The lowest BCUT2D eigenvalue weighted by atomic mass is 10.2. The normalized spacial score (nSPS) is 11.0. The minimum atomic E-state index is 0.688. The van der Waals surface area contributed by atoms with Crippen molar-refractivity contribution in [3.63, 3.8) is 0 Å². The summed E-state index contributed by atoms with van der Waals surface area (Å²) in [6.45, 7) is 7.55. The van der Waals surface area contributed by atoms with E-state index in [9.17, 15) is 0 Å². The summed E-state index contributed by atoms with van der Waals surface area (Å²) in [5, 5.41) is 7.00. The first-order valence-electron chi connectivity index (χ1n) is 6.69. The second kappa shape index (κ2) is 9.14. The van der Waals surface area contributed by atoms with Crippen LogP contribution in [0.4, 0.5) is 0 Å². The number of nitrogens with zero attached hydrogens (tertiary/aromatic N) is 1. The monoisotopic (exact) mass is 235 g/mol. The van der Waals surface area contributed by atoms with Crippen molar-refractivity contribution in [1.29, 1.82) is 0 Å². The van der Waals surface area contributed by atoms with E-state index in [-0.39, 0.29) is 0 Å². The molecule has 96 valence electrons. The predicted octanol–water partition coefficient (Wildman–Crippen LogP) is 2.34. The average Bonchev–Trinajstić information content (AvgIpc) is 2.39. The molecule has 2 N–H and O–H groups in total. The third-order valence-electron chi connectivity index (χ3n) is 3.00. The van der Waals surface area contributed by atoms with E-state index in [4.69, 9.17) is 0 Å². The Kier molecular flexibility index (Phi) is 7.60. The maximum Gasteiger partial charge on any atom is 0.0312 e. The van der Waals surface area contributed by atoms with Crippen LogP contribution in [0.1, 0.15) is 38.7 Å². The molecule has 0 radical (unpaired) electrons. The molecule has 3 nitrogen and oxygen atoms in total. The molecule has 0 aromatic carbocycles. The van der Waals surface area contributed by atoms with Crippen LogP contribution < -0.4 is 10.6 Å². The molecular formula is C14H25N3. The van der Waals surface area contributed by atoms with Crippen molar-refractivity contribution in [2.75, 3.05) is 13.1 Å². The highest BCUT2D eigenvalue weighted by Crippen LogP contribution is 1.96. The van der Waals surface area contributed by atoms with Crippen molar-refractivity contribution >= 4 is 0 Å². The van der Waals surface area contributed by atoms with Gasteiger partial charge in [0, 0.05) is 25.0 Å². The van der Waals surface area contributed by atoms with Crippen LogP contribution in [0.2, 0.25) is 0 Å². The second-order valence-corrected chi connectivity index (χ2v) is 4.36. The van der Waals surface area contributed by atoms with E-state index in [1.165, 1.54) is 24.8 Å². The van der Waals surface area contributed by atoms with Gasteiger partial charge in [-0.15, -0.1) is 0 Å². The fourth-order valence-corrected chi connectivity index (χ4v) is 1.83. The first-order chi connectivity index (χ1) is 8.36. The smallest absolute Gasteiger partial charge is 0.0312 e. The third kappa shape index (κ3) is 6.39. The fourth-order valence-electron chi connectivity index (χ4n) is 1.83. The fraction of sp³-hybridized carbons (Fsp3) is 0.643. The Bertz CT molecular complexity index is 270. The van der Waals surface area contributed by atoms with Crippen molar-refractivity contribution in [1.82, 2.24) is 15.6 Å². The summed E-state index contributed by atoms with van der Waals surface area (Å²) in [4.78, 5) is 4.09. The highest BCUT2D eigenvalue weighted by molar-refractivity contribution is 5.07. The van der Waals surface area contributed by atoms with Gasteiger partial charge in [0.2, 0.25) is 0 Å². The molecule has 0 amide bonds. The maximum atomic E-state index is 4.09. The summed E-state index contributed by atoms with van der Waals surface area (Å²) in [7, 11) is 0. The van der Waals surface area contributed by atoms with Gasteiger partial charge in [-0.3, -0.25) is 4.98 Å². The average molecular weight is 235 g/mol. The Morgan fingerprint density at radius 1 is 1.24 bits per heavy atom. The van der Waals surface area contributed by atoms with E-state index in [1.807, 2.05) is 18.5 Å². The SMILES string of the molecule is CCC(CC)NCCCNCc1cccnc1. The van der Waals surface area contributed by atoms with Gasteiger partial charge in [-0.1, -0.05) is 19.9 Å². The molecule has 0 bridgehead atoms.